The minimum Gasteiger partial charge on any atom is -0.497 e. The summed E-state index contributed by atoms with van der Waals surface area (Å²) in [6.07, 6.45) is 0. The van der Waals surface area contributed by atoms with Crippen LogP contribution < -0.4 is 15.2 Å². The highest BCUT2D eigenvalue weighted by Crippen LogP contribution is 2.24. The lowest BCUT2D eigenvalue weighted by Gasteiger charge is -2.07. The van der Waals surface area contributed by atoms with Crippen LogP contribution in [0.15, 0.2) is 18.2 Å². The molecule has 6 heteroatoms. The minimum atomic E-state index is 0. The van der Waals surface area contributed by atoms with Gasteiger partial charge in [-0.15, -0.1) is 12.4 Å². The van der Waals surface area contributed by atoms with Crippen molar-refractivity contribution >= 4 is 29.3 Å². The molecule has 3 N–H and O–H groups in total. The first kappa shape index (κ1) is 14.9. The zero-order chi connectivity index (χ0) is 11.3. The van der Waals surface area contributed by atoms with Crippen LogP contribution in [0.4, 0.5) is 0 Å². The maximum absolute atomic E-state index is 7.12. The third-order valence-electron chi connectivity index (χ3n) is 1.81. The average molecular weight is 263 g/mol. The number of rotatable bonds is 4. The standard InChI is InChI=1S/C10H14N2O2S.ClH/c1-13-8-3-7(6-15-10(11)12)4-9(5-8)14-2;/h3-5H,6H2,1-2H3,(H3,11,12);1H. The number of amidine groups is 1. The van der Waals surface area contributed by atoms with E-state index >= 15 is 0 Å². The second kappa shape index (κ2) is 7.24. The Morgan fingerprint density at radius 2 is 1.75 bits per heavy atom. The van der Waals surface area contributed by atoms with Gasteiger partial charge in [0.1, 0.15) is 11.5 Å². The number of benzene rings is 1. The quantitative estimate of drug-likeness (QED) is 0.645. The van der Waals surface area contributed by atoms with Crippen molar-refractivity contribution in [3.63, 3.8) is 0 Å². The molecular formula is C10H15ClN2O2S. The summed E-state index contributed by atoms with van der Waals surface area (Å²) in [5.41, 5.74) is 6.28. The van der Waals surface area contributed by atoms with Crippen LogP contribution in [0.2, 0.25) is 0 Å². The molecule has 90 valence electrons. The molecule has 1 aromatic carbocycles. The van der Waals surface area contributed by atoms with E-state index < -0.39 is 0 Å². The molecule has 0 atom stereocenters. The predicted molar refractivity (Wildman–Crippen MR) is 70.0 cm³/mol. The topological polar surface area (TPSA) is 68.3 Å². The van der Waals surface area contributed by atoms with Crippen molar-refractivity contribution in [1.29, 1.82) is 5.41 Å². The van der Waals surface area contributed by atoms with Crippen LogP contribution in [-0.4, -0.2) is 19.4 Å². The van der Waals surface area contributed by atoms with Gasteiger partial charge in [0, 0.05) is 11.8 Å². The van der Waals surface area contributed by atoms with Crippen LogP contribution in [0.1, 0.15) is 5.56 Å². The molecule has 0 unspecified atom stereocenters. The lowest BCUT2D eigenvalue weighted by atomic mass is 10.2. The molecule has 0 aromatic heterocycles. The lowest BCUT2D eigenvalue weighted by Crippen LogP contribution is -2.03. The molecule has 0 amide bonds. The highest BCUT2D eigenvalue weighted by Gasteiger charge is 2.02. The first-order valence-electron chi connectivity index (χ1n) is 4.34. The second-order valence-corrected chi connectivity index (χ2v) is 3.89. The van der Waals surface area contributed by atoms with E-state index in [2.05, 4.69) is 0 Å². The molecule has 0 aliphatic rings. The molecular weight excluding hydrogens is 248 g/mol. The number of ether oxygens (including phenoxy) is 2. The molecule has 0 saturated heterocycles. The van der Waals surface area contributed by atoms with Crippen molar-refractivity contribution in [3.8, 4) is 11.5 Å². The van der Waals surface area contributed by atoms with E-state index in [0.29, 0.717) is 5.75 Å². The summed E-state index contributed by atoms with van der Waals surface area (Å²) in [5, 5.41) is 7.23. The van der Waals surface area contributed by atoms with Crippen molar-refractivity contribution in [1.82, 2.24) is 0 Å². The molecule has 0 aliphatic heterocycles. The number of methoxy groups -OCH3 is 2. The maximum Gasteiger partial charge on any atom is 0.151 e. The lowest BCUT2D eigenvalue weighted by molar-refractivity contribution is 0.393. The third-order valence-corrected chi connectivity index (χ3v) is 2.59. The minimum absolute atomic E-state index is 0. The van der Waals surface area contributed by atoms with Gasteiger partial charge in [0.25, 0.3) is 0 Å². The van der Waals surface area contributed by atoms with Gasteiger partial charge in [0.2, 0.25) is 0 Å². The van der Waals surface area contributed by atoms with Crippen molar-refractivity contribution in [2.24, 2.45) is 5.73 Å². The summed E-state index contributed by atoms with van der Waals surface area (Å²) < 4.78 is 10.3. The number of nitrogens with one attached hydrogen (secondary N) is 1. The van der Waals surface area contributed by atoms with E-state index in [1.807, 2.05) is 18.2 Å². The average Bonchev–Trinajstić information content (AvgIpc) is 2.25. The molecule has 4 nitrogen and oxygen atoms in total. The largest absolute Gasteiger partial charge is 0.497 e. The second-order valence-electron chi connectivity index (χ2n) is 2.87. The Bertz CT molecular complexity index is 338. The Kier molecular flexibility index (Phi) is 6.76. The van der Waals surface area contributed by atoms with Gasteiger partial charge < -0.3 is 15.2 Å². The van der Waals surface area contributed by atoms with Crippen LogP contribution in [-0.2, 0) is 5.75 Å². The molecule has 0 radical (unpaired) electrons. The Hall–Kier alpha value is -1.07. The van der Waals surface area contributed by atoms with Gasteiger partial charge in [-0.1, -0.05) is 11.8 Å². The Balaban J connectivity index is 0.00000225. The maximum atomic E-state index is 7.12. The molecule has 0 aliphatic carbocycles. The van der Waals surface area contributed by atoms with Crippen molar-refractivity contribution in [2.45, 2.75) is 5.75 Å². The fourth-order valence-electron chi connectivity index (χ4n) is 1.11. The highest BCUT2D eigenvalue weighted by atomic mass is 35.5. The number of thioether (sulfide) groups is 1. The molecule has 1 aromatic rings. The molecule has 0 heterocycles. The van der Waals surface area contributed by atoms with Gasteiger partial charge in [-0.25, -0.2) is 0 Å². The normalized spacial score (nSPS) is 9.12. The fourth-order valence-corrected chi connectivity index (χ4v) is 1.60. The van der Waals surface area contributed by atoms with Crippen LogP contribution in [0.5, 0.6) is 11.5 Å². The van der Waals surface area contributed by atoms with Crippen LogP contribution >= 0.6 is 24.2 Å². The Labute approximate surface area is 105 Å². The molecule has 1 rings (SSSR count). The molecule has 0 saturated carbocycles. The van der Waals surface area contributed by atoms with Gasteiger partial charge in [0.15, 0.2) is 5.17 Å². The summed E-state index contributed by atoms with van der Waals surface area (Å²) in [6.45, 7) is 0. The summed E-state index contributed by atoms with van der Waals surface area (Å²) in [7, 11) is 3.22. The number of hydrogen-bond acceptors (Lipinski definition) is 4. The van der Waals surface area contributed by atoms with E-state index in [1.165, 1.54) is 11.8 Å². The molecule has 0 fully saturated rings. The van der Waals surface area contributed by atoms with E-state index in [-0.39, 0.29) is 17.6 Å². The van der Waals surface area contributed by atoms with Gasteiger partial charge in [0.05, 0.1) is 14.2 Å². The summed E-state index contributed by atoms with van der Waals surface area (Å²) >= 11 is 1.27. The third kappa shape index (κ3) is 4.63. The Morgan fingerprint density at radius 3 is 2.12 bits per heavy atom. The van der Waals surface area contributed by atoms with Gasteiger partial charge >= 0.3 is 0 Å². The van der Waals surface area contributed by atoms with E-state index in [4.69, 9.17) is 20.6 Å². The van der Waals surface area contributed by atoms with E-state index in [1.54, 1.807) is 14.2 Å². The van der Waals surface area contributed by atoms with Crippen LogP contribution in [0, 0.1) is 5.41 Å². The molecule has 16 heavy (non-hydrogen) atoms. The smallest absolute Gasteiger partial charge is 0.151 e. The van der Waals surface area contributed by atoms with E-state index in [9.17, 15) is 0 Å². The molecule has 0 bridgehead atoms. The van der Waals surface area contributed by atoms with Crippen LogP contribution in [0.25, 0.3) is 0 Å². The first-order valence-corrected chi connectivity index (χ1v) is 5.33. The highest BCUT2D eigenvalue weighted by molar-refractivity contribution is 8.13. The van der Waals surface area contributed by atoms with Crippen molar-refractivity contribution < 1.29 is 9.47 Å². The van der Waals surface area contributed by atoms with Crippen molar-refractivity contribution in [2.75, 3.05) is 14.2 Å². The zero-order valence-electron chi connectivity index (χ0n) is 9.15. The fraction of sp³-hybridized carbons (Fsp3) is 0.300. The predicted octanol–water partition coefficient (Wildman–Crippen LogP) is 2.25. The summed E-state index contributed by atoms with van der Waals surface area (Å²) in [5.74, 6) is 2.13. The SMILES string of the molecule is COc1cc(CSC(=N)N)cc(OC)c1.Cl. The van der Waals surface area contributed by atoms with Gasteiger partial charge in [-0.3, -0.25) is 5.41 Å². The van der Waals surface area contributed by atoms with Crippen molar-refractivity contribution in [3.05, 3.63) is 23.8 Å². The number of hydrogen-bond donors (Lipinski definition) is 2. The zero-order valence-corrected chi connectivity index (χ0v) is 10.8. The summed E-state index contributed by atoms with van der Waals surface area (Å²) in [6, 6.07) is 5.61. The Morgan fingerprint density at radius 1 is 1.25 bits per heavy atom. The first-order chi connectivity index (χ1) is 7.15. The molecule has 0 spiro atoms. The van der Waals surface area contributed by atoms with Gasteiger partial charge in [-0.05, 0) is 17.7 Å². The van der Waals surface area contributed by atoms with E-state index in [0.717, 1.165) is 17.1 Å². The monoisotopic (exact) mass is 262 g/mol. The van der Waals surface area contributed by atoms with Crippen LogP contribution in [0.3, 0.4) is 0 Å². The number of nitrogens with two attached hydrogens (primary N) is 1. The summed E-state index contributed by atoms with van der Waals surface area (Å²) in [4.78, 5) is 0. The van der Waals surface area contributed by atoms with Gasteiger partial charge in [-0.2, -0.15) is 0 Å². The number of halogens is 1.